The summed E-state index contributed by atoms with van der Waals surface area (Å²) in [4.78, 5) is 24.9. The van der Waals surface area contributed by atoms with Gasteiger partial charge in [0.25, 0.3) is 0 Å². The molecule has 2 saturated heterocycles. The van der Waals surface area contributed by atoms with Gasteiger partial charge in [-0.1, -0.05) is 0 Å². The summed E-state index contributed by atoms with van der Waals surface area (Å²) in [5, 5.41) is 2.75. The van der Waals surface area contributed by atoms with Crippen LogP contribution in [0.25, 0.3) is 0 Å². The summed E-state index contributed by atoms with van der Waals surface area (Å²) in [6.45, 7) is 6.63. The monoisotopic (exact) mass is 256 g/mol. The number of ether oxygens (including phenoxy) is 2. The van der Waals surface area contributed by atoms with E-state index in [4.69, 9.17) is 9.47 Å². The number of nitrogens with zero attached hydrogens (tertiary/aromatic N) is 1. The lowest BCUT2D eigenvalue weighted by Crippen LogP contribution is -2.47. The van der Waals surface area contributed by atoms with Crippen molar-refractivity contribution >= 4 is 12.0 Å². The zero-order valence-corrected chi connectivity index (χ0v) is 11.1. The molecule has 18 heavy (non-hydrogen) atoms. The predicted molar refractivity (Wildman–Crippen MR) is 64.1 cm³/mol. The lowest BCUT2D eigenvalue weighted by atomic mass is 10.1. The van der Waals surface area contributed by atoms with Crippen LogP contribution < -0.4 is 5.32 Å². The molecule has 0 aromatic carbocycles. The largest absolute Gasteiger partial charge is 0.444 e. The van der Waals surface area contributed by atoms with Gasteiger partial charge in [-0.2, -0.15) is 0 Å². The lowest BCUT2D eigenvalue weighted by Gasteiger charge is -2.29. The maximum atomic E-state index is 12.0. The van der Waals surface area contributed by atoms with E-state index >= 15 is 0 Å². The van der Waals surface area contributed by atoms with Gasteiger partial charge in [-0.05, 0) is 27.2 Å². The molecule has 1 N–H and O–H groups in total. The number of amides is 2. The number of hydrogen-bond donors (Lipinski definition) is 1. The van der Waals surface area contributed by atoms with Crippen LogP contribution in [0.1, 0.15) is 27.2 Å². The minimum absolute atomic E-state index is 0.0727. The number of carbonyl (C=O) groups excluding carboxylic acids is 2. The minimum Gasteiger partial charge on any atom is -0.444 e. The van der Waals surface area contributed by atoms with Gasteiger partial charge < -0.3 is 19.7 Å². The molecule has 0 bridgehead atoms. The highest BCUT2D eigenvalue weighted by Gasteiger charge is 2.41. The Kier molecular flexibility index (Phi) is 3.47. The first-order chi connectivity index (χ1) is 8.37. The van der Waals surface area contributed by atoms with Crippen LogP contribution in [0.5, 0.6) is 0 Å². The van der Waals surface area contributed by atoms with Gasteiger partial charge in [0.2, 0.25) is 5.91 Å². The molecule has 2 aliphatic heterocycles. The number of nitrogens with one attached hydrogen (secondary N) is 1. The van der Waals surface area contributed by atoms with E-state index in [-0.39, 0.29) is 30.8 Å². The Morgan fingerprint density at radius 3 is 2.89 bits per heavy atom. The van der Waals surface area contributed by atoms with Crippen molar-refractivity contribution in [2.24, 2.45) is 0 Å². The lowest BCUT2D eigenvalue weighted by molar-refractivity contribution is -0.125. The van der Waals surface area contributed by atoms with Gasteiger partial charge in [0.15, 0.2) is 0 Å². The first-order valence-corrected chi connectivity index (χ1v) is 6.25. The van der Waals surface area contributed by atoms with E-state index in [1.807, 2.05) is 20.8 Å². The van der Waals surface area contributed by atoms with Gasteiger partial charge in [0, 0.05) is 13.1 Å². The Balaban J connectivity index is 2.02. The second-order valence-electron chi connectivity index (χ2n) is 5.68. The standard InChI is InChI=1S/C12H20N2O4/c1-12(2,3)18-11(16)14-5-4-9-8(14)6-13-10(15)7-17-9/h8-9H,4-7H2,1-3H3,(H,13,15)/t8-,9-/m1/s1. The molecule has 2 atom stereocenters. The van der Waals surface area contributed by atoms with Crippen LogP contribution in [-0.2, 0) is 14.3 Å². The van der Waals surface area contributed by atoms with Gasteiger partial charge in [-0.25, -0.2) is 4.79 Å². The third kappa shape index (κ3) is 2.93. The number of hydrogen-bond acceptors (Lipinski definition) is 4. The van der Waals surface area contributed by atoms with Crippen LogP contribution in [-0.4, -0.2) is 54.3 Å². The quantitative estimate of drug-likeness (QED) is 0.685. The van der Waals surface area contributed by atoms with Crippen molar-refractivity contribution in [3.8, 4) is 0 Å². The first-order valence-electron chi connectivity index (χ1n) is 6.25. The maximum absolute atomic E-state index is 12.0. The molecule has 0 saturated carbocycles. The molecule has 2 fully saturated rings. The Morgan fingerprint density at radius 2 is 2.22 bits per heavy atom. The molecule has 0 aliphatic carbocycles. The van der Waals surface area contributed by atoms with E-state index in [0.717, 1.165) is 6.42 Å². The Hall–Kier alpha value is -1.30. The van der Waals surface area contributed by atoms with Gasteiger partial charge in [-0.15, -0.1) is 0 Å². The summed E-state index contributed by atoms with van der Waals surface area (Å²) in [6.07, 6.45) is 0.338. The van der Waals surface area contributed by atoms with Crippen molar-refractivity contribution < 1.29 is 19.1 Å². The second-order valence-corrected chi connectivity index (χ2v) is 5.68. The van der Waals surface area contributed by atoms with E-state index in [2.05, 4.69) is 5.32 Å². The van der Waals surface area contributed by atoms with E-state index in [1.165, 1.54) is 0 Å². The van der Waals surface area contributed by atoms with Crippen molar-refractivity contribution in [3.05, 3.63) is 0 Å². The van der Waals surface area contributed by atoms with E-state index < -0.39 is 5.60 Å². The first kappa shape index (κ1) is 13.1. The summed E-state index contributed by atoms with van der Waals surface area (Å²) < 4.78 is 10.8. The fraction of sp³-hybridized carbons (Fsp3) is 0.833. The van der Waals surface area contributed by atoms with Gasteiger partial charge in [0.05, 0.1) is 12.1 Å². The molecule has 102 valence electrons. The zero-order chi connectivity index (χ0) is 13.3. The summed E-state index contributed by atoms with van der Waals surface area (Å²) in [6, 6.07) is -0.119. The van der Waals surface area contributed by atoms with Crippen LogP contribution in [0, 0.1) is 0 Å². The van der Waals surface area contributed by atoms with Crippen LogP contribution in [0.2, 0.25) is 0 Å². The molecule has 0 unspecified atom stereocenters. The normalized spacial score (nSPS) is 28.4. The van der Waals surface area contributed by atoms with Crippen molar-refractivity contribution in [2.75, 3.05) is 19.7 Å². The molecule has 0 radical (unpaired) electrons. The predicted octanol–water partition coefficient (Wildman–Crippen LogP) is 0.511. The highest BCUT2D eigenvalue weighted by atomic mass is 16.6. The van der Waals surface area contributed by atoms with Crippen molar-refractivity contribution in [1.82, 2.24) is 10.2 Å². The number of rotatable bonds is 0. The fourth-order valence-electron chi connectivity index (χ4n) is 2.26. The molecule has 0 spiro atoms. The minimum atomic E-state index is -0.510. The topological polar surface area (TPSA) is 67.9 Å². The van der Waals surface area contributed by atoms with Crippen LogP contribution in [0.3, 0.4) is 0 Å². The average Bonchev–Trinajstić information content (AvgIpc) is 2.56. The Bertz CT molecular complexity index is 350. The van der Waals surface area contributed by atoms with Gasteiger partial charge in [0.1, 0.15) is 12.2 Å². The Morgan fingerprint density at radius 1 is 1.50 bits per heavy atom. The van der Waals surface area contributed by atoms with Gasteiger partial charge >= 0.3 is 6.09 Å². The van der Waals surface area contributed by atoms with E-state index in [9.17, 15) is 9.59 Å². The number of likely N-dealkylation sites (tertiary alicyclic amines) is 1. The third-order valence-electron chi connectivity index (χ3n) is 3.05. The summed E-state index contributed by atoms with van der Waals surface area (Å²) >= 11 is 0. The fourth-order valence-corrected chi connectivity index (χ4v) is 2.26. The van der Waals surface area contributed by atoms with Crippen LogP contribution >= 0.6 is 0 Å². The average molecular weight is 256 g/mol. The van der Waals surface area contributed by atoms with E-state index in [0.29, 0.717) is 13.1 Å². The maximum Gasteiger partial charge on any atom is 0.410 e. The molecule has 2 amide bonds. The third-order valence-corrected chi connectivity index (χ3v) is 3.05. The van der Waals surface area contributed by atoms with Gasteiger partial charge in [-0.3, -0.25) is 4.79 Å². The summed E-state index contributed by atoms with van der Waals surface area (Å²) in [5.41, 5.74) is -0.510. The van der Waals surface area contributed by atoms with Crippen molar-refractivity contribution in [2.45, 2.75) is 44.9 Å². The molecule has 0 aromatic rings. The smallest absolute Gasteiger partial charge is 0.410 e. The second kappa shape index (κ2) is 4.76. The number of carbonyl (C=O) groups is 2. The molecule has 2 heterocycles. The Labute approximate surface area is 107 Å². The molecule has 6 heteroatoms. The molecule has 6 nitrogen and oxygen atoms in total. The van der Waals surface area contributed by atoms with Crippen molar-refractivity contribution in [3.63, 3.8) is 0 Å². The molecule has 2 aliphatic rings. The zero-order valence-electron chi connectivity index (χ0n) is 11.1. The van der Waals surface area contributed by atoms with Crippen LogP contribution in [0.4, 0.5) is 4.79 Å². The summed E-state index contributed by atoms with van der Waals surface area (Å²) in [5.74, 6) is -0.131. The molecule has 2 rings (SSSR count). The van der Waals surface area contributed by atoms with Crippen LogP contribution in [0.15, 0.2) is 0 Å². The van der Waals surface area contributed by atoms with Crippen molar-refractivity contribution in [1.29, 1.82) is 0 Å². The SMILES string of the molecule is CC(C)(C)OC(=O)N1CC[C@H]2OCC(=O)NC[C@H]21. The summed E-state index contributed by atoms with van der Waals surface area (Å²) in [7, 11) is 0. The highest BCUT2D eigenvalue weighted by Crippen LogP contribution is 2.24. The molecular weight excluding hydrogens is 236 g/mol. The van der Waals surface area contributed by atoms with E-state index in [1.54, 1.807) is 4.90 Å². The molecular formula is C12H20N2O4. The number of fused-ring (bicyclic) bond motifs is 1. The molecule has 0 aromatic heterocycles. The highest BCUT2D eigenvalue weighted by molar-refractivity contribution is 5.77.